The highest BCUT2D eigenvalue weighted by Gasteiger charge is 2.39. The second-order valence-electron chi connectivity index (χ2n) is 4.43. The Kier molecular flexibility index (Phi) is 2.94. The summed E-state index contributed by atoms with van der Waals surface area (Å²) in [5.74, 6) is -1.09. The first-order valence-corrected chi connectivity index (χ1v) is 6.27. The molecule has 2 atom stereocenters. The lowest BCUT2D eigenvalue weighted by Gasteiger charge is -2.31. The molecule has 20 heavy (non-hydrogen) atoms. The molecule has 1 saturated heterocycles. The van der Waals surface area contributed by atoms with Crippen molar-refractivity contribution in [2.45, 2.75) is 6.04 Å². The molecule has 2 unspecified atom stereocenters. The van der Waals surface area contributed by atoms with Gasteiger partial charge in [0, 0.05) is 0 Å². The molecule has 0 spiro atoms. The molecule has 2 aliphatic heterocycles. The van der Waals surface area contributed by atoms with Crippen LogP contribution in [0.25, 0.3) is 0 Å². The summed E-state index contributed by atoms with van der Waals surface area (Å²) in [6.45, 7) is 0.148. The van der Waals surface area contributed by atoms with Crippen molar-refractivity contribution in [3.05, 3.63) is 23.8 Å². The minimum atomic E-state index is -1.04. The molecular formula is C12H11N3O4S. The Hall–Kier alpha value is -2.35. The van der Waals surface area contributed by atoms with E-state index >= 15 is 0 Å². The molecule has 2 amide bonds. The van der Waals surface area contributed by atoms with Crippen LogP contribution in [0.4, 0.5) is 0 Å². The predicted molar refractivity (Wildman–Crippen MR) is 71.9 cm³/mol. The number of primary amides is 1. The Morgan fingerprint density at radius 2 is 2.10 bits per heavy atom. The van der Waals surface area contributed by atoms with Crippen molar-refractivity contribution >= 4 is 29.1 Å². The fraction of sp³-hybridized carbons (Fsp3) is 0.250. The molecule has 0 aromatic heterocycles. The quantitative estimate of drug-likeness (QED) is 0.505. The van der Waals surface area contributed by atoms with Gasteiger partial charge in [-0.2, -0.15) is 0 Å². The summed E-state index contributed by atoms with van der Waals surface area (Å²) in [5, 5.41) is 5.44. The minimum Gasteiger partial charge on any atom is -0.454 e. The highest BCUT2D eigenvalue weighted by molar-refractivity contribution is 7.80. The summed E-state index contributed by atoms with van der Waals surface area (Å²) in [7, 11) is 0. The van der Waals surface area contributed by atoms with Crippen LogP contribution in [0.1, 0.15) is 11.6 Å². The topological polar surface area (TPSA) is 103 Å². The van der Waals surface area contributed by atoms with E-state index in [0.29, 0.717) is 17.1 Å². The van der Waals surface area contributed by atoms with Crippen LogP contribution in [0, 0.1) is 5.92 Å². The maximum Gasteiger partial charge on any atom is 0.241 e. The number of benzene rings is 1. The van der Waals surface area contributed by atoms with E-state index in [1.807, 2.05) is 0 Å². The van der Waals surface area contributed by atoms with Crippen LogP contribution in [-0.4, -0.2) is 23.7 Å². The van der Waals surface area contributed by atoms with E-state index in [9.17, 15) is 9.59 Å². The number of nitrogens with one attached hydrogen (secondary N) is 2. The lowest BCUT2D eigenvalue weighted by atomic mass is 9.90. The van der Waals surface area contributed by atoms with E-state index in [1.165, 1.54) is 0 Å². The second-order valence-corrected chi connectivity index (χ2v) is 4.84. The average molecular weight is 293 g/mol. The van der Waals surface area contributed by atoms with E-state index in [0.717, 1.165) is 0 Å². The highest BCUT2D eigenvalue weighted by Crippen LogP contribution is 2.36. The second kappa shape index (κ2) is 4.64. The number of thiocarbonyl (C=S) groups is 1. The summed E-state index contributed by atoms with van der Waals surface area (Å²) in [6, 6.07) is 4.54. The van der Waals surface area contributed by atoms with Gasteiger partial charge in [-0.05, 0) is 29.9 Å². The Morgan fingerprint density at radius 1 is 1.35 bits per heavy atom. The number of nitrogens with two attached hydrogens (primary N) is 1. The molecule has 104 valence electrons. The van der Waals surface area contributed by atoms with Crippen LogP contribution in [0.15, 0.2) is 18.2 Å². The number of rotatable bonds is 2. The molecule has 1 aromatic rings. The fourth-order valence-corrected chi connectivity index (χ4v) is 2.51. The summed E-state index contributed by atoms with van der Waals surface area (Å²) < 4.78 is 10.5. The van der Waals surface area contributed by atoms with Gasteiger partial charge in [0.2, 0.25) is 18.6 Å². The highest BCUT2D eigenvalue weighted by atomic mass is 32.1. The van der Waals surface area contributed by atoms with Gasteiger partial charge in [0.05, 0.1) is 6.04 Å². The number of carbonyl (C=O) groups excluding carboxylic acids is 2. The molecule has 7 nitrogen and oxygen atoms in total. The predicted octanol–water partition coefficient (Wildman–Crippen LogP) is -0.438. The Labute approximate surface area is 119 Å². The first-order chi connectivity index (χ1) is 9.56. The van der Waals surface area contributed by atoms with Gasteiger partial charge in [-0.25, -0.2) is 0 Å². The maximum atomic E-state index is 11.9. The van der Waals surface area contributed by atoms with Gasteiger partial charge in [0.25, 0.3) is 0 Å². The third kappa shape index (κ3) is 2.03. The Bertz CT molecular complexity index is 619. The van der Waals surface area contributed by atoms with Gasteiger partial charge in [-0.3, -0.25) is 9.59 Å². The molecule has 8 heteroatoms. The number of hydrogen-bond acceptors (Lipinski definition) is 5. The molecule has 0 aliphatic carbocycles. The largest absolute Gasteiger partial charge is 0.454 e. The number of fused-ring (bicyclic) bond motifs is 1. The van der Waals surface area contributed by atoms with E-state index in [2.05, 4.69) is 10.6 Å². The first kappa shape index (κ1) is 12.7. The standard InChI is InChI=1S/C12H11N3O4S/c13-10(16)8-9(14-12(20)15-11(8)17)5-1-2-6-7(3-5)19-4-18-6/h1-3,8-9H,4H2,(H2,13,16)(H2,14,15,17,20). The summed E-state index contributed by atoms with van der Waals surface area (Å²) in [4.78, 5) is 23.4. The van der Waals surface area contributed by atoms with Gasteiger partial charge >= 0.3 is 0 Å². The fourth-order valence-electron chi connectivity index (χ4n) is 2.28. The van der Waals surface area contributed by atoms with Crippen LogP contribution >= 0.6 is 12.2 Å². The van der Waals surface area contributed by atoms with Crippen LogP contribution in [0.2, 0.25) is 0 Å². The lowest BCUT2D eigenvalue weighted by Crippen LogP contribution is -2.57. The van der Waals surface area contributed by atoms with Gasteiger partial charge < -0.3 is 25.8 Å². The van der Waals surface area contributed by atoms with Crippen molar-refractivity contribution in [1.29, 1.82) is 0 Å². The van der Waals surface area contributed by atoms with Crippen molar-refractivity contribution in [1.82, 2.24) is 10.6 Å². The number of carbonyl (C=O) groups is 2. The number of amides is 2. The Morgan fingerprint density at radius 3 is 2.85 bits per heavy atom. The number of ether oxygens (including phenoxy) is 2. The van der Waals surface area contributed by atoms with Crippen molar-refractivity contribution in [2.24, 2.45) is 11.7 Å². The molecule has 0 bridgehead atoms. The number of hydrogen-bond donors (Lipinski definition) is 3. The zero-order valence-electron chi connectivity index (χ0n) is 10.2. The molecule has 4 N–H and O–H groups in total. The zero-order chi connectivity index (χ0) is 14.3. The third-order valence-electron chi connectivity index (χ3n) is 3.20. The molecule has 2 aliphatic rings. The summed E-state index contributed by atoms with van der Waals surface area (Å²) in [5.41, 5.74) is 5.98. The molecule has 0 radical (unpaired) electrons. The van der Waals surface area contributed by atoms with Crippen LogP contribution in [0.3, 0.4) is 0 Å². The summed E-state index contributed by atoms with van der Waals surface area (Å²) >= 11 is 4.95. The molecule has 2 heterocycles. The van der Waals surface area contributed by atoms with Crippen LogP contribution in [0.5, 0.6) is 11.5 Å². The molecule has 1 fully saturated rings. The SMILES string of the molecule is NC(=O)C1C(=O)NC(=S)NC1c1ccc2c(c1)OCO2. The van der Waals surface area contributed by atoms with E-state index < -0.39 is 23.8 Å². The minimum absolute atomic E-state index is 0.148. The van der Waals surface area contributed by atoms with Gasteiger partial charge in [-0.15, -0.1) is 0 Å². The summed E-state index contributed by atoms with van der Waals surface area (Å²) in [6.07, 6.45) is 0. The van der Waals surface area contributed by atoms with E-state index in [-0.39, 0.29) is 11.9 Å². The zero-order valence-corrected chi connectivity index (χ0v) is 11.0. The van der Waals surface area contributed by atoms with Crippen LogP contribution in [-0.2, 0) is 9.59 Å². The monoisotopic (exact) mass is 293 g/mol. The normalized spacial score (nSPS) is 24.0. The lowest BCUT2D eigenvalue weighted by molar-refractivity contribution is -0.134. The molecule has 0 saturated carbocycles. The van der Waals surface area contributed by atoms with Crippen molar-refractivity contribution in [3.8, 4) is 11.5 Å². The molecule has 1 aromatic carbocycles. The van der Waals surface area contributed by atoms with Crippen molar-refractivity contribution in [3.63, 3.8) is 0 Å². The molecular weight excluding hydrogens is 282 g/mol. The smallest absolute Gasteiger partial charge is 0.241 e. The van der Waals surface area contributed by atoms with Gasteiger partial charge in [0.1, 0.15) is 5.92 Å². The molecule has 3 rings (SSSR count). The van der Waals surface area contributed by atoms with E-state index in [4.69, 9.17) is 27.4 Å². The first-order valence-electron chi connectivity index (χ1n) is 5.86. The van der Waals surface area contributed by atoms with E-state index in [1.54, 1.807) is 18.2 Å². The van der Waals surface area contributed by atoms with Gasteiger partial charge in [0.15, 0.2) is 16.6 Å². The van der Waals surface area contributed by atoms with Crippen molar-refractivity contribution < 1.29 is 19.1 Å². The van der Waals surface area contributed by atoms with Crippen molar-refractivity contribution in [2.75, 3.05) is 6.79 Å². The van der Waals surface area contributed by atoms with Crippen LogP contribution < -0.4 is 25.8 Å². The van der Waals surface area contributed by atoms with Gasteiger partial charge in [-0.1, -0.05) is 6.07 Å². The third-order valence-corrected chi connectivity index (χ3v) is 3.42. The maximum absolute atomic E-state index is 11.9. The Balaban J connectivity index is 1.99. The average Bonchev–Trinajstić information content (AvgIpc) is 2.84.